The topological polar surface area (TPSA) is 86.9 Å². The number of nitrogens with one attached hydrogen (secondary N) is 2. The number of likely N-dealkylation sites (tertiary alicyclic amines) is 1. The molecule has 8 nitrogen and oxygen atoms in total. The maximum absolute atomic E-state index is 12.6. The molecule has 2 saturated heterocycles. The number of hydrogen-bond acceptors (Lipinski definition) is 4. The van der Waals surface area contributed by atoms with Gasteiger partial charge in [-0.15, -0.1) is 0 Å². The second kappa shape index (κ2) is 7.92. The van der Waals surface area contributed by atoms with Crippen molar-refractivity contribution in [2.75, 3.05) is 39.4 Å². The van der Waals surface area contributed by atoms with E-state index in [4.69, 9.17) is 9.47 Å². The third-order valence-corrected chi connectivity index (χ3v) is 6.48. The number of hydrogen-bond donors (Lipinski definition) is 2. The zero-order chi connectivity index (χ0) is 20.6. The molecule has 2 fully saturated rings. The third kappa shape index (κ3) is 3.65. The summed E-state index contributed by atoms with van der Waals surface area (Å²) in [6, 6.07) is 8.14. The molecule has 1 aromatic heterocycles. The molecular weight excluding hydrogens is 384 g/mol. The van der Waals surface area contributed by atoms with Gasteiger partial charge in [0.05, 0.1) is 19.8 Å². The van der Waals surface area contributed by atoms with Crippen molar-refractivity contribution in [1.82, 2.24) is 20.1 Å². The Morgan fingerprint density at radius 2 is 1.83 bits per heavy atom. The highest BCUT2D eigenvalue weighted by Crippen LogP contribution is 2.31. The molecule has 3 aliphatic heterocycles. The Hall–Kier alpha value is -2.58. The molecular formula is C22H28N4O4. The van der Waals surface area contributed by atoms with Gasteiger partial charge in [0.2, 0.25) is 5.91 Å². The van der Waals surface area contributed by atoms with Gasteiger partial charge in [0.25, 0.3) is 0 Å². The molecule has 1 spiro atoms. The van der Waals surface area contributed by atoms with E-state index in [9.17, 15) is 9.59 Å². The number of aromatic nitrogens is 1. The van der Waals surface area contributed by atoms with E-state index in [0.717, 1.165) is 17.6 Å². The molecule has 4 heterocycles. The highest BCUT2D eigenvalue weighted by molar-refractivity contribution is 5.85. The quantitative estimate of drug-likeness (QED) is 0.807. The van der Waals surface area contributed by atoms with Gasteiger partial charge >= 0.3 is 6.03 Å². The average Bonchev–Trinajstić information content (AvgIpc) is 3.38. The van der Waals surface area contributed by atoms with E-state index in [0.29, 0.717) is 65.2 Å². The fraction of sp³-hybridized carbons (Fsp3) is 0.545. The van der Waals surface area contributed by atoms with Gasteiger partial charge in [0, 0.05) is 62.0 Å². The smallest absolute Gasteiger partial charge is 0.317 e. The summed E-state index contributed by atoms with van der Waals surface area (Å²) < 4.78 is 11.4. The molecule has 0 unspecified atom stereocenters. The highest BCUT2D eigenvalue weighted by atomic mass is 16.7. The first-order valence-electron chi connectivity index (χ1n) is 10.8. The summed E-state index contributed by atoms with van der Waals surface area (Å²) in [6.45, 7) is 4.15. The van der Waals surface area contributed by atoms with Crippen molar-refractivity contribution in [2.24, 2.45) is 0 Å². The fourth-order valence-electron chi connectivity index (χ4n) is 4.80. The van der Waals surface area contributed by atoms with Crippen LogP contribution in [0.3, 0.4) is 0 Å². The number of rotatable bonds is 3. The second-order valence-electron chi connectivity index (χ2n) is 8.27. The van der Waals surface area contributed by atoms with E-state index in [1.807, 2.05) is 21.9 Å². The van der Waals surface area contributed by atoms with Crippen LogP contribution in [-0.2, 0) is 27.2 Å². The Morgan fingerprint density at radius 3 is 2.63 bits per heavy atom. The summed E-state index contributed by atoms with van der Waals surface area (Å²) in [5, 5.41) is 4.16. The first-order chi connectivity index (χ1) is 14.6. The number of carbonyl (C=O) groups excluding carboxylic acids is 2. The number of ether oxygens (including phenoxy) is 2. The van der Waals surface area contributed by atoms with Crippen LogP contribution in [0.15, 0.2) is 24.3 Å². The SMILES string of the molecule is O=C(CCNC(=O)N1CCc2c([nH]c3ccccc23)C1)N1CCC2(CC1)OCCO2. The van der Waals surface area contributed by atoms with Crippen molar-refractivity contribution in [3.63, 3.8) is 0 Å². The van der Waals surface area contributed by atoms with Gasteiger partial charge in [-0.3, -0.25) is 4.79 Å². The molecule has 0 radical (unpaired) electrons. The first-order valence-corrected chi connectivity index (χ1v) is 10.8. The number of amides is 3. The van der Waals surface area contributed by atoms with Crippen LogP contribution in [0.1, 0.15) is 30.5 Å². The lowest BCUT2D eigenvalue weighted by atomic mass is 10.0. The Morgan fingerprint density at radius 1 is 1.07 bits per heavy atom. The molecule has 8 heteroatoms. The number of aromatic amines is 1. The zero-order valence-electron chi connectivity index (χ0n) is 17.1. The molecule has 3 amide bonds. The van der Waals surface area contributed by atoms with Crippen LogP contribution in [0.25, 0.3) is 10.9 Å². The molecule has 0 saturated carbocycles. The number of piperidine rings is 1. The predicted octanol–water partition coefficient (Wildman–Crippen LogP) is 1.99. The molecule has 0 aliphatic carbocycles. The summed E-state index contributed by atoms with van der Waals surface area (Å²) in [4.78, 5) is 32.2. The van der Waals surface area contributed by atoms with Crippen LogP contribution in [0.2, 0.25) is 0 Å². The van der Waals surface area contributed by atoms with Crippen LogP contribution >= 0.6 is 0 Å². The first kappa shape index (κ1) is 19.4. The van der Waals surface area contributed by atoms with Crippen molar-refractivity contribution in [1.29, 1.82) is 0 Å². The molecule has 0 atom stereocenters. The molecule has 3 aliphatic rings. The minimum atomic E-state index is -0.471. The van der Waals surface area contributed by atoms with Gasteiger partial charge in [-0.25, -0.2) is 4.79 Å². The van der Waals surface area contributed by atoms with E-state index in [-0.39, 0.29) is 11.9 Å². The minimum absolute atomic E-state index is 0.0692. The third-order valence-electron chi connectivity index (χ3n) is 6.48. The van der Waals surface area contributed by atoms with Crippen molar-refractivity contribution in [2.45, 2.75) is 38.0 Å². The molecule has 160 valence electrons. The standard InChI is InChI=1S/C22H28N4O4/c27-20(25-11-7-22(8-12-25)29-13-14-30-22)5-9-23-21(28)26-10-6-17-16-3-1-2-4-18(16)24-19(17)15-26/h1-4,24H,5-15H2,(H,23,28). The van der Waals surface area contributed by atoms with Crippen molar-refractivity contribution in [3.05, 3.63) is 35.5 Å². The summed E-state index contributed by atoms with van der Waals surface area (Å²) in [5.74, 6) is -0.402. The number of benzene rings is 1. The van der Waals surface area contributed by atoms with Crippen LogP contribution in [0, 0.1) is 0 Å². The summed E-state index contributed by atoms with van der Waals surface area (Å²) in [7, 11) is 0. The van der Waals surface area contributed by atoms with E-state index >= 15 is 0 Å². The van der Waals surface area contributed by atoms with Gasteiger partial charge in [-0.2, -0.15) is 0 Å². The van der Waals surface area contributed by atoms with Crippen LogP contribution < -0.4 is 5.32 Å². The average molecular weight is 412 g/mol. The molecule has 1 aromatic carbocycles. The maximum atomic E-state index is 12.6. The molecule has 0 bridgehead atoms. The summed E-state index contributed by atoms with van der Waals surface area (Å²) in [5.41, 5.74) is 3.53. The van der Waals surface area contributed by atoms with Crippen molar-refractivity contribution >= 4 is 22.8 Å². The van der Waals surface area contributed by atoms with Gasteiger partial charge in [-0.1, -0.05) is 18.2 Å². The van der Waals surface area contributed by atoms with Gasteiger partial charge in [0.1, 0.15) is 0 Å². The number of urea groups is 1. The maximum Gasteiger partial charge on any atom is 0.317 e. The normalized spacial score (nSPS) is 20.5. The lowest BCUT2D eigenvalue weighted by molar-refractivity contribution is -0.187. The molecule has 30 heavy (non-hydrogen) atoms. The van der Waals surface area contributed by atoms with Gasteiger partial charge < -0.3 is 29.6 Å². The number of fused-ring (bicyclic) bond motifs is 3. The Bertz CT molecular complexity index is 940. The fourth-order valence-corrected chi connectivity index (χ4v) is 4.80. The van der Waals surface area contributed by atoms with Crippen molar-refractivity contribution < 1.29 is 19.1 Å². The van der Waals surface area contributed by atoms with Crippen LogP contribution in [0.4, 0.5) is 4.79 Å². The number of carbonyl (C=O) groups is 2. The monoisotopic (exact) mass is 412 g/mol. The van der Waals surface area contributed by atoms with E-state index in [1.54, 1.807) is 0 Å². The Balaban J connectivity index is 1.09. The zero-order valence-corrected chi connectivity index (χ0v) is 17.1. The van der Waals surface area contributed by atoms with Gasteiger partial charge in [-0.05, 0) is 18.1 Å². The van der Waals surface area contributed by atoms with E-state index < -0.39 is 5.79 Å². The number of H-pyrrole nitrogens is 1. The second-order valence-corrected chi connectivity index (χ2v) is 8.27. The Kier molecular flexibility index (Phi) is 5.12. The highest BCUT2D eigenvalue weighted by Gasteiger charge is 2.40. The summed E-state index contributed by atoms with van der Waals surface area (Å²) in [6.07, 6.45) is 2.58. The van der Waals surface area contributed by atoms with E-state index in [1.165, 1.54) is 10.9 Å². The predicted molar refractivity (Wildman–Crippen MR) is 111 cm³/mol. The largest absolute Gasteiger partial charge is 0.357 e. The molecule has 2 N–H and O–H groups in total. The van der Waals surface area contributed by atoms with Crippen LogP contribution in [-0.4, -0.2) is 71.9 Å². The Labute approximate surface area is 175 Å². The lowest BCUT2D eigenvalue weighted by Gasteiger charge is -2.37. The number of nitrogens with zero attached hydrogens (tertiary/aromatic N) is 2. The van der Waals surface area contributed by atoms with Gasteiger partial charge in [0.15, 0.2) is 5.79 Å². The molecule has 5 rings (SSSR count). The van der Waals surface area contributed by atoms with Crippen LogP contribution in [0.5, 0.6) is 0 Å². The van der Waals surface area contributed by atoms with E-state index in [2.05, 4.69) is 22.4 Å². The number of para-hydroxylation sites is 1. The lowest BCUT2D eigenvalue weighted by Crippen LogP contribution is -2.48. The summed E-state index contributed by atoms with van der Waals surface area (Å²) >= 11 is 0. The van der Waals surface area contributed by atoms with Crippen molar-refractivity contribution in [3.8, 4) is 0 Å². The molecule has 2 aromatic rings. The minimum Gasteiger partial charge on any atom is -0.357 e.